The molecule has 0 aromatic heterocycles. The number of hydrogen-bond donors (Lipinski definition) is 2. The molecule has 118 valence electrons. The fourth-order valence-electron chi connectivity index (χ4n) is 2.45. The Balaban J connectivity index is 0.00000220. The summed E-state index contributed by atoms with van der Waals surface area (Å²) in [7, 11) is 0. The third-order valence-corrected chi connectivity index (χ3v) is 4.72. The first-order valence-electron chi connectivity index (χ1n) is 6.98. The highest BCUT2D eigenvalue weighted by molar-refractivity contribution is 8.00. The van der Waals surface area contributed by atoms with Gasteiger partial charge < -0.3 is 11.1 Å². The Bertz CT molecular complexity index is 497. The van der Waals surface area contributed by atoms with Crippen LogP contribution >= 0.6 is 35.8 Å². The predicted octanol–water partition coefficient (Wildman–Crippen LogP) is 4.33. The molecule has 2 atom stereocenters. The first-order chi connectivity index (χ1) is 9.45. The van der Waals surface area contributed by atoms with Crippen LogP contribution < -0.4 is 11.1 Å². The average Bonchev–Trinajstić information content (AvgIpc) is 2.79. The lowest BCUT2D eigenvalue weighted by Crippen LogP contribution is -2.23. The number of carbonyl (C=O) groups excluding carboxylic acids is 1. The number of halogens is 2. The minimum Gasteiger partial charge on any atom is -0.328 e. The van der Waals surface area contributed by atoms with E-state index in [0.717, 1.165) is 29.8 Å². The van der Waals surface area contributed by atoms with Crippen molar-refractivity contribution < 1.29 is 4.79 Å². The normalized spacial score (nSPS) is 21.2. The first-order valence-corrected chi connectivity index (χ1v) is 8.24. The lowest BCUT2D eigenvalue weighted by Gasteiger charge is -2.15. The molecule has 1 aromatic rings. The number of hydrogen-bond acceptors (Lipinski definition) is 3. The third kappa shape index (κ3) is 5.37. The van der Waals surface area contributed by atoms with E-state index in [1.807, 2.05) is 18.2 Å². The summed E-state index contributed by atoms with van der Waals surface area (Å²) in [5.74, 6) is 0.0895. The highest BCUT2D eigenvalue weighted by atomic mass is 35.5. The smallest absolute Gasteiger partial charge is 0.227 e. The van der Waals surface area contributed by atoms with Gasteiger partial charge in [-0.15, -0.1) is 24.2 Å². The van der Waals surface area contributed by atoms with Gasteiger partial charge in [-0.25, -0.2) is 0 Å². The summed E-state index contributed by atoms with van der Waals surface area (Å²) in [6, 6.07) is 5.80. The molecule has 2 rings (SSSR count). The van der Waals surface area contributed by atoms with Crippen LogP contribution in [0.2, 0.25) is 5.02 Å². The van der Waals surface area contributed by atoms with Crippen molar-refractivity contribution in [2.75, 3.05) is 5.32 Å². The highest BCUT2D eigenvalue weighted by Gasteiger charge is 2.28. The van der Waals surface area contributed by atoms with E-state index in [0.29, 0.717) is 10.3 Å². The fraction of sp³-hybridized carbons (Fsp3) is 0.533. The second-order valence-electron chi connectivity index (χ2n) is 5.57. The van der Waals surface area contributed by atoms with E-state index >= 15 is 0 Å². The van der Waals surface area contributed by atoms with E-state index in [1.54, 1.807) is 11.8 Å². The summed E-state index contributed by atoms with van der Waals surface area (Å²) in [5.41, 5.74) is 6.68. The number of thioether (sulfide) groups is 1. The Kier molecular flexibility index (Phi) is 7.34. The first kappa shape index (κ1) is 18.6. The van der Waals surface area contributed by atoms with E-state index in [2.05, 4.69) is 19.2 Å². The van der Waals surface area contributed by atoms with Gasteiger partial charge in [-0.1, -0.05) is 25.4 Å². The monoisotopic (exact) mass is 348 g/mol. The molecule has 0 aliphatic heterocycles. The topological polar surface area (TPSA) is 55.1 Å². The number of benzene rings is 1. The molecule has 1 aliphatic carbocycles. The SMILES string of the molecule is CC(C)Sc1ccc(Cl)cc1NC(=O)C1CCC(N)C1.Cl. The maximum absolute atomic E-state index is 12.3. The van der Waals surface area contributed by atoms with Crippen molar-refractivity contribution in [3.8, 4) is 0 Å². The summed E-state index contributed by atoms with van der Waals surface area (Å²) in [5, 5.41) is 4.11. The number of rotatable bonds is 4. The van der Waals surface area contributed by atoms with Crippen LogP contribution in [-0.2, 0) is 4.79 Å². The van der Waals surface area contributed by atoms with Crippen molar-refractivity contribution >= 4 is 47.4 Å². The molecular weight excluding hydrogens is 327 g/mol. The Morgan fingerprint density at radius 2 is 2.14 bits per heavy atom. The number of nitrogens with two attached hydrogens (primary N) is 1. The lowest BCUT2D eigenvalue weighted by atomic mass is 10.1. The van der Waals surface area contributed by atoms with E-state index < -0.39 is 0 Å². The van der Waals surface area contributed by atoms with Gasteiger partial charge in [-0.2, -0.15) is 0 Å². The van der Waals surface area contributed by atoms with Gasteiger partial charge in [0.1, 0.15) is 0 Å². The minimum absolute atomic E-state index is 0. The number of amides is 1. The van der Waals surface area contributed by atoms with Gasteiger partial charge >= 0.3 is 0 Å². The maximum atomic E-state index is 12.3. The molecular formula is C15H22Cl2N2OS. The highest BCUT2D eigenvalue weighted by Crippen LogP contribution is 2.34. The van der Waals surface area contributed by atoms with Crippen LogP contribution in [0.4, 0.5) is 5.69 Å². The summed E-state index contributed by atoms with van der Waals surface area (Å²) in [6.45, 7) is 4.25. The molecule has 0 radical (unpaired) electrons. The number of anilines is 1. The number of nitrogens with one attached hydrogen (secondary N) is 1. The molecule has 3 nitrogen and oxygen atoms in total. The summed E-state index contributed by atoms with van der Waals surface area (Å²) in [6.07, 6.45) is 2.58. The van der Waals surface area contributed by atoms with Gasteiger partial charge in [0.05, 0.1) is 5.69 Å². The standard InChI is InChI=1S/C15H21ClN2OS.ClH/c1-9(2)20-14-6-4-11(16)8-13(14)18-15(19)10-3-5-12(17)7-10;/h4,6,8-10,12H,3,5,7,17H2,1-2H3,(H,18,19);1H. The third-order valence-electron chi connectivity index (χ3n) is 3.41. The zero-order chi connectivity index (χ0) is 14.7. The van der Waals surface area contributed by atoms with Crippen molar-refractivity contribution in [3.05, 3.63) is 23.2 Å². The molecule has 0 bridgehead atoms. The molecule has 1 fully saturated rings. The van der Waals surface area contributed by atoms with E-state index in [-0.39, 0.29) is 30.3 Å². The molecule has 1 saturated carbocycles. The van der Waals surface area contributed by atoms with Crippen LogP contribution in [-0.4, -0.2) is 17.2 Å². The van der Waals surface area contributed by atoms with Crippen LogP contribution in [0.1, 0.15) is 33.1 Å². The van der Waals surface area contributed by atoms with Crippen LogP contribution in [0.3, 0.4) is 0 Å². The second kappa shape index (κ2) is 8.28. The quantitative estimate of drug-likeness (QED) is 0.796. The summed E-state index contributed by atoms with van der Waals surface area (Å²) < 4.78 is 0. The van der Waals surface area contributed by atoms with Crippen LogP contribution in [0.5, 0.6) is 0 Å². The Morgan fingerprint density at radius 3 is 2.71 bits per heavy atom. The minimum atomic E-state index is 0. The summed E-state index contributed by atoms with van der Waals surface area (Å²) >= 11 is 7.76. The van der Waals surface area contributed by atoms with Gasteiger partial charge in [0, 0.05) is 27.1 Å². The molecule has 0 heterocycles. The molecule has 1 aliphatic rings. The Labute approximate surface area is 141 Å². The van der Waals surface area contributed by atoms with Gasteiger partial charge in [0.15, 0.2) is 0 Å². The molecule has 6 heteroatoms. The molecule has 21 heavy (non-hydrogen) atoms. The van der Waals surface area contributed by atoms with Gasteiger partial charge in [0.25, 0.3) is 0 Å². The lowest BCUT2D eigenvalue weighted by molar-refractivity contribution is -0.119. The molecule has 1 aromatic carbocycles. The molecule has 3 N–H and O–H groups in total. The van der Waals surface area contributed by atoms with E-state index in [4.69, 9.17) is 17.3 Å². The zero-order valence-corrected chi connectivity index (χ0v) is 14.7. The van der Waals surface area contributed by atoms with Crippen molar-refractivity contribution in [3.63, 3.8) is 0 Å². The van der Waals surface area contributed by atoms with Crippen LogP contribution in [0.15, 0.2) is 23.1 Å². The predicted molar refractivity (Wildman–Crippen MR) is 93.6 cm³/mol. The van der Waals surface area contributed by atoms with Crippen LogP contribution in [0.25, 0.3) is 0 Å². The molecule has 0 spiro atoms. The average molecular weight is 349 g/mol. The molecule has 0 saturated heterocycles. The molecule has 1 amide bonds. The fourth-order valence-corrected chi connectivity index (χ4v) is 3.51. The van der Waals surface area contributed by atoms with Crippen molar-refractivity contribution in [1.82, 2.24) is 0 Å². The molecule has 2 unspecified atom stereocenters. The van der Waals surface area contributed by atoms with Gasteiger partial charge in [0.2, 0.25) is 5.91 Å². The Morgan fingerprint density at radius 1 is 1.43 bits per heavy atom. The van der Waals surface area contributed by atoms with Crippen LogP contribution in [0, 0.1) is 5.92 Å². The van der Waals surface area contributed by atoms with Crippen molar-refractivity contribution in [2.24, 2.45) is 11.7 Å². The summed E-state index contributed by atoms with van der Waals surface area (Å²) in [4.78, 5) is 13.3. The zero-order valence-electron chi connectivity index (χ0n) is 12.3. The van der Waals surface area contributed by atoms with Gasteiger partial charge in [-0.05, 0) is 37.5 Å². The number of carbonyl (C=O) groups is 1. The Hall–Kier alpha value is -0.420. The van der Waals surface area contributed by atoms with Crippen molar-refractivity contribution in [1.29, 1.82) is 0 Å². The van der Waals surface area contributed by atoms with E-state index in [9.17, 15) is 4.79 Å². The van der Waals surface area contributed by atoms with Crippen molar-refractivity contribution in [2.45, 2.75) is 49.3 Å². The van der Waals surface area contributed by atoms with Gasteiger partial charge in [-0.3, -0.25) is 4.79 Å². The second-order valence-corrected chi connectivity index (χ2v) is 7.62. The largest absolute Gasteiger partial charge is 0.328 e. The maximum Gasteiger partial charge on any atom is 0.227 e. The van der Waals surface area contributed by atoms with E-state index in [1.165, 1.54) is 0 Å².